The Kier molecular flexibility index (Phi) is 5.90. The molecule has 1 amide bonds. The molecular weight excluding hydrogens is 444 g/mol. The lowest BCUT2D eigenvalue weighted by atomic mass is 10.1. The van der Waals surface area contributed by atoms with Crippen molar-refractivity contribution in [3.8, 4) is 23.0 Å². The van der Waals surface area contributed by atoms with Crippen molar-refractivity contribution < 1.29 is 27.4 Å². The molecular formula is C24H24N2O6S. The van der Waals surface area contributed by atoms with E-state index in [1.54, 1.807) is 37.4 Å². The summed E-state index contributed by atoms with van der Waals surface area (Å²) in [4.78, 5) is 14.6. The number of carbonyl (C=O) groups excluding carboxylic acids is 1. The number of hydrogen-bond acceptors (Lipinski definition) is 6. The van der Waals surface area contributed by atoms with Gasteiger partial charge in [0.1, 0.15) is 5.75 Å². The topological polar surface area (TPSA) is 94.2 Å². The van der Waals surface area contributed by atoms with Gasteiger partial charge in [0.25, 0.3) is 5.91 Å². The van der Waals surface area contributed by atoms with Crippen LogP contribution in [0.3, 0.4) is 0 Å². The maximum atomic E-state index is 13.1. The largest absolute Gasteiger partial charge is 0.493 e. The van der Waals surface area contributed by atoms with E-state index < -0.39 is 10.0 Å². The molecule has 0 radical (unpaired) electrons. The summed E-state index contributed by atoms with van der Waals surface area (Å²) < 4.78 is 44.6. The monoisotopic (exact) mass is 468 g/mol. The van der Waals surface area contributed by atoms with Gasteiger partial charge in [-0.05, 0) is 60.5 Å². The minimum Gasteiger partial charge on any atom is -0.493 e. The molecule has 1 aliphatic heterocycles. The van der Waals surface area contributed by atoms with Crippen LogP contribution in [0.1, 0.15) is 21.5 Å². The Labute approximate surface area is 192 Å². The van der Waals surface area contributed by atoms with E-state index in [1.165, 1.54) is 25.2 Å². The van der Waals surface area contributed by atoms with E-state index in [0.29, 0.717) is 34.2 Å². The third-order valence-electron chi connectivity index (χ3n) is 5.29. The molecule has 0 spiro atoms. The van der Waals surface area contributed by atoms with Crippen LogP contribution in [-0.2, 0) is 15.8 Å². The van der Waals surface area contributed by atoms with Gasteiger partial charge in [0.2, 0.25) is 10.0 Å². The summed E-state index contributed by atoms with van der Waals surface area (Å²) in [6, 6.07) is 15.1. The van der Waals surface area contributed by atoms with Crippen LogP contribution in [0.2, 0.25) is 0 Å². The number of ether oxygens (including phenoxy) is 3. The van der Waals surface area contributed by atoms with Gasteiger partial charge in [0, 0.05) is 12.7 Å². The number of hydrogen-bond donors (Lipinski definition) is 1. The average molecular weight is 469 g/mol. The Morgan fingerprint density at radius 2 is 1.67 bits per heavy atom. The lowest BCUT2D eigenvalue weighted by Crippen LogP contribution is -2.25. The van der Waals surface area contributed by atoms with E-state index in [0.717, 1.165) is 5.56 Å². The second-order valence-electron chi connectivity index (χ2n) is 7.70. The molecule has 0 bridgehead atoms. The number of nitrogens with one attached hydrogen (secondary N) is 1. The fourth-order valence-electron chi connectivity index (χ4n) is 3.64. The first-order chi connectivity index (χ1) is 15.7. The van der Waals surface area contributed by atoms with Crippen molar-refractivity contribution in [2.75, 3.05) is 30.9 Å². The summed E-state index contributed by atoms with van der Waals surface area (Å²) in [6.45, 7) is 1.93. The fourth-order valence-corrected chi connectivity index (χ4v) is 4.82. The van der Waals surface area contributed by atoms with Crippen molar-refractivity contribution in [2.45, 2.75) is 12.7 Å². The van der Waals surface area contributed by atoms with E-state index in [-0.39, 0.29) is 22.9 Å². The van der Waals surface area contributed by atoms with Crippen molar-refractivity contribution in [3.63, 3.8) is 0 Å². The smallest absolute Gasteiger partial charge is 0.261 e. The molecule has 0 unspecified atom stereocenters. The van der Waals surface area contributed by atoms with Gasteiger partial charge in [-0.3, -0.25) is 9.52 Å². The number of anilines is 2. The molecule has 0 atom stereocenters. The van der Waals surface area contributed by atoms with Crippen LogP contribution in [0.4, 0.5) is 11.4 Å². The molecule has 1 N–H and O–H groups in total. The van der Waals surface area contributed by atoms with Crippen LogP contribution in [0.25, 0.3) is 0 Å². The Balaban J connectivity index is 1.60. The van der Waals surface area contributed by atoms with E-state index in [4.69, 9.17) is 14.2 Å². The highest BCUT2D eigenvalue weighted by atomic mass is 32.2. The van der Waals surface area contributed by atoms with Gasteiger partial charge in [-0.1, -0.05) is 12.1 Å². The number of fused-ring (bicyclic) bond motifs is 2. The molecule has 0 saturated heterocycles. The van der Waals surface area contributed by atoms with Crippen molar-refractivity contribution >= 4 is 27.3 Å². The number of amides is 1. The van der Waals surface area contributed by atoms with Gasteiger partial charge in [0.05, 0.1) is 31.2 Å². The van der Waals surface area contributed by atoms with Crippen LogP contribution >= 0.6 is 0 Å². The average Bonchev–Trinajstić information content (AvgIpc) is 2.88. The SMILES string of the molecule is COc1ccc(CS(=O)(=O)Nc2ccc3c(c2)C(=O)N(C)c2cc(C)ccc2O3)cc1OC. The molecule has 1 aliphatic rings. The molecule has 1 heterocycles. The molecule has 0 fully saturated rings. The van der Waals surface area contributed by atoms with Gasteiger partial charge in [-0.25, -0.2) is 8.42 Å². The van der Waals surface area contributed by atoms with Gasteiger partial charge < -0.3 is 19.1 Å². The molecule has 3 aromatic carbocycles. The van der Waals surface area contributed by atoms with E-state index in [2.05, 4.69) is 4.72 Å². The van der Waals surface area contributed by atoms with Crippen molar-refractivity contribution in [1.29, 1.82) is 0 Å². The Morgan fingerprint density at radius 3 is 2.39 bits per heavy atom. The maximum Gasteiger partial charge on any atom is 0.261 e. The molecule has 3 aromatic rings. The summed E-state index contributed by atoms with van der Waals surface area (Å²) in [5.41, 5.74) is 2.69. The number of nitrogens with zero attached hydrogens (tertiary/aromatic N) is 1. The predicted molar refractivity (Wildman–Crippen MR) is 126 cm³/mol. The van der Waals surface area contributed by atoms with Crippen molar-refractivity contribution in [2.24, 2.45) is 0 Å². The van der Waals surface area contributed by atoms with E-state index in [1.807, 2.05) is 25.1 Å². The molecule has 0 saturated carbocycles. The highest BCUT2D eigenvalue weighted by Crippen LogP contribution is 2.39. The summed E-state index contributed by atoms with van der Waals surface area (Å²) in [6.07, 6.45) is 0. The first kappa shape index (κ1) is 22.5. The second-order valence-corrected chi connectivity index (χ2v) is 9.42. The molecule has 0 aliphatic carbocycles. The van der Waals surface area contributed by atoms with Gasteiger partial charge >= 0.3 is 0 Å². The molecule has 8 nitrogen and oxygen atoms in total. The van der Waals surface area contributed by atoms with Crippen LogP contribution in [0.15, 0.2) is 54.6 Å². The Hall–Kier alpha value is -3.72. The summed E-state index contributed by atoms with van der Waals surface area (Å²) in [5.74, 6) is 1.29. The first-order valence-electron chi connectivity index (χ1n) is 10.1. The second kappa shape index (κ2) is 8.67. The van der Waals surface area contributed by atoms with Gasteiger partial charge in [-0.2, -0.15) is 0 Å². The minimum absolute atomic E-state index is 0.262. The lowest BCUT2D eigenvalue weighted by molar-refractivity contribution is 0.0993. The minimum atomic E-state index is -3.77. The van der Waals surface area contributed by atoms with Crippen LogP contribution in [0.5, 0.6) is 23.0 Å². The molecule has 172 valence electrons. The van der Waals surface area contributed by atoms with E-state index in [9.17, 15) is 13.2 Å². The van der Waals surface area contributed by atoms with Crippen LogP contribution in [-0.4, -0.2) is 35.6 Å². The lowest BCUT2D eigenvalue weighted by Gasteiger charge is -2.17. The highest BCUT2D eigenvalue weighted by Gasteiger charge is 2.26. The number of carbonyl (C=O) groups is 1. The number of methoxy groups -OCH3 is 2. The third-order valence-corrected chi connectivity index (χ3v) is 6.55. The van der Waals surface area contributed by atoms with Crippen LogP contribution in [0, 0.1) is 6.92 Å². The number of rotatable bonds is 6. The standard InChI is InChI=1S/C24H24N2O6S/c1-15-5-8-21-19(11-15)26(2)24(27)18-13-17(7-10-20(18)32-21)25-33(28,29)14-16-6-9-22(30-3)23(12-16)31-4/h5-13,25H,14H2,1-4H3. The number of sulfonamides is 1. The maximum absolute atomic E-state index is 13.1. The quantitative estimate of drug-likeness (QED) is 0.579. The zero-order chi connectivity index (χ0) is 23.8. The van der Waals surface area contributed by atoms with E-state index >= 15 is 0 Å². The van der Waals surface area contributed by atoms with Crippen molar-refractivity contribution in [3.05, 3.63) is 71.3 Å². The highest BCUT2D eigenvalue weighted by molar-refractivity contribution is 7.91. The Morgan fingerprint density at radius 1 is 0.939 bits per heavy atom. The molecule has 9 heteroatoms. The number of aryl methyl sites for hydroxylation is 1. The molecule has 0 aromatic heterocycles. The normalized spacial score (nSPS) is 12.8. The molecule has 33 heavy (non-hydrogen) atoms. The predicted octanol–water partition coefficient (Wildman–Crippen LogP) is 4.34. The summed E-state index contributed by atoms with van der Waals surface area (Å²) >= 11 is 0. The summed E-state index contributed by atoms with van der Waals surface area (Å²) in [7, 11) is 0.886. The fraction of sp³-hybridized carbons (Fsp3) is 0.208. The zero-order valence-electron chi connectivity index (χ0n) is 18.7. The zero-order valence-corrected chi connectivity index (χ0v) is 19.5. The summed E-state index contributed by atoms with van der Waals surface area (Å²) in [5, 5.41) is 0. The van der Waals surface area contributed by atoms with Gasteiger partial charge in [0.15, 0.2) is 17.2 Å². The molecule has 4 rings (SSSR count). The first-order valence-corrected chi connectivity index (χ1v) is 11.8. The van der Waals surface area contributed by atoms with Crippen LogP contribution < -0.4 is 23.8 Å². The number of benzene rings is 3. The third kappa shape index (κ3) is 4.58. The Bertz CT molecular complexity index is 1340. The van der Waals surface area contributed by atoms with Gasteiger partial charge in [-0.15, -0.1) is 0 Å². The van der Waals surface area contributed by atoms with Crippen molar-refractivity contribution in [1.82, 2.24) is 0 Å².